The van der Waals surface area contributed by atoms with Crippen LogP contribution in [-0.4, -0.2) is 25.2 Å². The van der Waals surface area contributed by atoms with Crippen molar-refractivity contribution in [3.05, 3.63) is 33.1 Å². The lowest BCUT2D eigenvalue weighted by molar-refractivity contribution is 0.0906. The van der Waals surface area contributed by atoms with Gasteiger partial charge in [0.05, 0.1) is 11.7 Å². The second-order valence-corrected chi connectivity index (χ2v) is 5.62. The molecule has 1 aliphatic rings. The number of carbonyl (C=O) groups excluding carboxylic acids is 1. The van der Waals surface area contributed by atoms with E-state index in [0.717, 1.165) is 13.0 Å². The maximum Gasteiger partial charge on any atom is 0.252 e. The molecule has 1 saturated heterocycles. The largest absolute Gasteiger partial charge is 0.378 e. The predicted octanol–water partition coefficient (Wildman–Crippen LogP) is 2.59. The topological polar surface area (TPSA) is 38.3 Å². The van der Waals surface area contributed by atoms with Crippen molar-refractivity contribution in [3.63, 3.8) is 0 Å². The zero-order chi connectivity index (χ0) is 13.1. The number of benzene rings is 1. The van der Waals surface area contributed by atoms with Crippen LogP contribution in [0.2, 0.25) is 0 Å². The van der Waals surface area contributed by atoms with Gasteiger partial charge in [-0.05, 0) is 54.1 Å². The summed E-state index contributed by atoms with van der Waals surface area (Å²) in [4.78, 5) is 12.0. The first-order valence-electron chi connectivity index (χ1n) is 5.93. The van der Waals surface area contributed by atoms with Gasteiger partial charge in [-0.2, -0.15) is 0 Å². The maximum absolute atomic E-state index is 12.9. The predicted molar refractivity (Wildman–Crippen MR) is 75.0 cm³/mol. The van der Waals surface area contributed by atoms with Crippen LogP contribution in [0.3, 0.4) is 0 Å². The molecule has 0 saturated carbocycles. The molecule has 1 aliphatic heterocycles. The molecule has 2 rings (SSSR count). The Labute approximate surface area is 119 Å². The molecule has 1 amide bonds. The summed E-state index contributed by atoms with van der Waals surface area (Å²) < 4.78 is 19.0. The summed E-state index contributed by atoms with van der Waals surface area (Å²) in [7, 11) is 0. The van der Waals surface area contributed by atoms with Gasteiger partial charge < -0.3 is 10.1 Å². The van der Waals surface area contributed by atoms with Gasteiger partial charge in [0, 0.05) is 22.6 Å². The minimum Gasteiger partial charge on any atom is -0.378 e. The van der Waals surface area contributed by atoms with Crippen LogP contribution >= 0.6 is 22.6 Å². The summed E-state index contributed by atoms with van der Waals surface area (Å²) in [5.41, 5.74) is 0.517. The van der Waals surface area contributed by atoms with E-state index in [0.29, 0.717) is 21.6 Å². The van der Waals surface area contributed by atoms with Crippen molar-refractivity contribution in [2.24, 2.45) is 5.92 Å². The van der Waals surface area contributed by atoms with Crippen molar-refractivity contribution < 1.29 is 13.9 Å². The number of carbonyl (C=O) groups is 1. The van der Waals surface area contributed by atoms with E-state index in [2.05, 4.69) is 5.32 Å². The highest BCUT2D eigenvalue weighted by atomic mass is 127. The highest BCUT2D eigenvalue weighted by Gasteiger charge is 2.24. The maximum atomic E-state index is 12.9. The molecule has 1 aromatic carbocycles. The highest BCUT2D eigenvalue weighted by Crippen LogP contribution is 2.20. The van der Waals surface area contributed by atoms with E-state index < -0.39 is 0 Å². The van der Waals surface area contributed by atoms with Crippen LogP contribution in [0.4, 0.5) is 4.39 Å². The average Bonchev–Trinajstić information content (AvgIpc) is 2.72. The molecule has 0 aliphatic carbocycles. The minimum absolute atomic E-state index is 0.154. The van der Waals surface area contributed by atoms with E-state index in [1.54, 1.807) is 0 Å². The fourth-order valence-corrected chi connectivity index (χ4v) is 2.76. The van der Waals surface area contributed by atoms with E-state index in [4.69, 9.17) is 4.74 Å². The van der Waals surface area contributed by atoms with Gasteiger partial charge in [-0.1, -0.05) is 0 Å². The standard InChI is InChI=1S/C13H15FINO2/c1-8-9(4-5-18-8)7-16-13(17)11-3-2-10(14)6-12(11)15/h2-3,6,8-9H,4-5,7H2,1H3,(H,16,17). The lowest BCUT2D eigenvalue weighted by atomic mass is 10.0. The van der Waals surface area contributed by atoms with Crippen LogP contribution in [0, 0.1) is 15.3 Å². The summed E-state index contributed by atoms with van der Waals surface area (Å²) >= 11 is 1.97. The number of nitrogens with one attached hydrogen (secondary N) is 1. The third-order valence-corrected chi connectivity index (χ3v) is 4.13. The summed E-state index contributed by atoms with van der Waals surface area (Å²) in [6.07, 6.45) is 1.17. The van der Waals surface area contributed by atoms with Gasteiger partial charge in [0.25, 0.3) is 5.91 Å². The fraction of sp³-hybridized carbons (Fsp3) is 0.462. The molecule has 1 heterocycles. The Kier molecular flexibility index (Phi) is 4.55. The van der Waals surface area contributed by atoms with E-state index in [-0.39, 0.29) is 17.8 Å². The Morgan fingerprint density at radius 1 is 1.61 bits per heavy atom. The average molecular weight is 363 g/mol. The first kappa shape index (κ1) is 13.7. The van der Waals surface area contributed by atoms with Crippen molar-refractivity contribution in [2.75, 3.05) is 13.2 Å². The van der Waals surface area contributed by atoms with Crippen molar-refractivity contribution in [1.82, 2.24) is 5.32 Å². The first-order valence-corrected chi connectivity index (χ1v) is 7.00. The van der Waals surface area contributed by atoms with Crippen LogP contribution in [0.15, 0.2) is 18.2 Å². The molecule has 1 N–H and O–H groups in total. The van der Waals surface area contributed by atoms with Crippen LogP contribution in [-0.2, 0) is 4.74 Å². The zero-order valence-electron chi connectivity index (χ0n) is 10.1. The van der Waals surface area contributed by atoms with E-state index in [9.17, 15) is 9.18 Å². The molecule has 0 bridgehead atoms. The normalized spacial score (nSPS) is 23.1. The Hall–Kier alpha value is -0.690. The van der Waals surface area contributed by atoms with Gasteiger partial charge in [-0.3, -0.25) is 4.79 Å². The molecule has 98 valence electrons. The molecule has 3 nitrogen and oxygen atoms in total. The number of amides is 1. The number of halogens is 2. The van der Waals surface area contributed by atoms with Gasteiger partial charge in [0.15, 0.2) is 0 Å². The Morgan fingerprint density at radius 3 is 3.00 bits per heavy atom. The van der Waals surface area contributed by atoms with Gasteiger partial charge in [0.1, 0.15) is 5.82 Å². The minimum atomic E-state index is -0.325. The lowest BCUT2D eigenvalue weighted by Crippen LogP contribution is -2.32. The number of hydrogen-bond donors (Lipinski definition) is 1. The van der Waals surface area contributed by atoms with Crippen LogP contribution in [0.25, 0.3) is 0 Å². The smallest absolute Gasteiger partial charge is 0.252 e. The second kappa shape index (κ2) is 5.97. The molecule has 2 unspecified atom stereocenters. The van der Waals surface area contributed by atoms with Crippen LogP contribution in [0.1, 0.15) is 23.7 Å². The van der Waals surface area contributed by atoms with Gasteiger partial charge in [0.2, 0.25) is 0 Å². The second-order valence-electron chi connectivity index (χ2n) is 4.46. The summed E-state index contributed by atoms with van der Waals surface area (Å²) in [5, 5.41) is 2.89. The van der Waals surface area contributed by atoms with Crippen molar-refractivity contribution in [3.8, 4) is 0 Å². The number of rotatable bonds is 3. The van der Waals surface area contributed by atoms with E-state index >= 15 is 0 Å². The van der Waals surface area contributed by atoms with Crippen molar-refractivity contribution in [2.45, 2.75) is 19.4 Å². The van der Waals surface area contributed by atoms with Crippen LogP contribution in [0.5, 0.6) is 0 Å². The van der Waals surface area contributed by atoms with Gasteiger partial charge >= 0.3 is 0 Å². The molecule has 18 heavy (non-hydrogen) atoms. The number of hydrogen-bond acceptors (Lipinski definition) is 2. The fourth-order valence-electron chi connectivity index (χ4n) is 2.04. The molecular weight excluding hydrogens is 348 g/mol. The quantitative estimate of drug-likeness (QED) is 0.839. The van der Waals surface area contributed by atoms with E-state index in [1.807, 2.05) is 29.5 Å². The summed E-state index contributed by atoms with van der Waals surface area (Å²) in [5.74, 6) is -0.112. The summed E-state index contributed by atoms with van der Waals surface area (Å²) in [6.45, 7) is 3.38. The molecular formula is C13H15FINO2. The number of ether oxygens (including phenoxy) is 1. The molecule has 0 aromatic heterocycles. The molecule has 1 fully saturated rings. The molecule has 5 heteroatoms. The van der Waals surface area contributed by atoms with Crippen molar-refractivity contribution >= 4 is 28.5 Å². The Morgan fingerprint density at radius 2 is 2.39 bits per heavy atom. The molecule has 0 spiro atoms. The monoisotopic (exact) mass is 363 g/mol. The lowest BCUT2D eigenvalue weighted by Gasteiger charge is -2.15. The summed E-state index contributed by atoms with van der Waals surface area (Å²) in [6, 6.07) is 4.18. The van der Waals surface area contributed by atoms with Gasteiger partial charge in [-0.25, -0.2) is 4.39 Å². The molecule has 0 radical (unpaired) electrons. The van der Waals surface area contributed by atoms with E-state index in [1.165, 1.54) is 18.2 Å². The SMILES string of the molecule is CC1OCCC1CNC(=O)c1ccc(F)cc1I. The van der Waals surface area contributed by atoms with Gasteiger partial charge in [-0.15, -0.1) is 0 Å². The van der Waals surface area contributed by atoms with Crippen molar-refractivity contribution in [1.29, 1.82) is 0 Å². The Bertz CT molecular complexity index is 453. The third-order valence-electron chi connectivity index (χ3n) is 3.23. The van der Waals surface area contributed by atoms with Crippen LogP contribution < -0.4 is 5.32 Å². The Balaban J connectivity index is 1.95. The molecule has 1 aromatic rings. The molecule has 2 atom stereocenters. The third kappa shape index (κ3) is 3.20. The first-order chi connectivity index (χ1) is 8.58. The zero-order valence-corrected chi connectivity index (χ0v) is 12.2. The highest BCUT2D eigenvalue weighted by molar-refractivity contribution is 14.1.